The van der Waals surface area contributed by atoms with Crippen LogP contribution in [0.4, 0.5) is 4.79 Å². The number of hydrogen-bond acceptors (Lipinski definition) is 4. The van der Waals surface area contributed by atoms with Crippen LogP contribution in [0, 0.1) is 5.92 Å². The van der Waals surface area contributed by atoms with Gasteiger partial charge in [0.25, 0.3) is 0 Å². The van der Waals surface area contributed by atoms with Crippen LogP contribution in [0.5, 0.6) is 0 Å². The minimum absolute atomic E-state index is 0.423. The van der Waals surface area contributed by atoms with Gasteiger partial charge in [0.2, 0.25) is 0 Å². The van der Waals surface area contributed by atoms with Crippen LogP contribution in [0.15, 0.2) is 0 Å². The Morgan fingerprint density at radius 2 is 2.05 bits per heavy atom. The Balaban J connectivity index is 2.26. The number of hydrogen-bond donors (Lipinski definition) is 2. The van der Waals surface area contributed by atoms with E-state index in [4.69, 9.17) is 9.84 Å². The van der Waals surface area contributed by atoms with E-state index in [1.54, 1.807) is 32.5 Å². The molecule has 1 rings (SSSR count). The predicted molar refractivity (Wildman–Crippen MR) is 75.5 cm³/mol. The van der Waals surface area contributed by atoms with Gasteiger partial charge in [-0.05, 0) is 57.5 Å². The maximum Gasteiger partial charge on any atom is 0.408 e. The highest BCUT2D eigenvalue weighted by molar-refractivity contribution is 7.99. The number of nitrogens with one attached hydrogen (secondary N) is 1. The summed E-state index contributed by atoms with van der Waals surface area (Å²) in [4.78, 5) is 22.6. The Morgan fingerprint density at radius 3 is 2.53 bits per heavy atom. The summed E-state index contributed by atoms with van der Waals surface area (Å²) in [5.74, 6) is 1.65. The van der Waals surface area contributed by atoms with Gasteiger partial charge < -0.3 is 15.2 Å². The number of rotatable bonds is 7. The molecule has 1 unspecified atom stereocenters. The van der Waals surface area contributed by atoms with Gasteiger partial charge in [-0.3, -0.25) is 0 Å². The molecule has 2 N–H and O–H groups in total. The van der Waals surface area contributed by atoms with Gasteiger partial charge in [0.05, 0.1) is 0 Å². The van der Waals surface area contributed by atoms with Crippen molar-refractivity contribution in [3.63, 3.8) is 0 Å². The van der Waals surface area contributed by atoms with Crippen LogP contribution in [0.2, 0.25) is 0 Å². The Morgan fingerprint density at radius 1 is 1.42 bits per heavy atom. The van der Waals surface area contributed by atoms with E-state index in [0.29, 0.717) is 6.42 Å². The van der Waals surface area contributed by atoms with E-state index in [2.05, 4.69) is 5.32 Å². The molecule has 0 aliphatic heterocycles. The van der Waals surface area contributed by atoms with Gasteiger partial charge in [0, 0.05) is 0 Å². The summed E-state index contributed by atoms with van der Waals surface area (Å²) in [7, 11) is 0. The standard InChI is InChI=1S/C13H23NO4S/c1-13(2,3)18-12(17)14-10(11(15)16)6-7-19-8-9-4-5-9/h9-10H,4-8H2,1-3H3,(H,14,17)(H,15,16). The van der Waals surface area contributed by atoms with E-state index < -0.39 is 23.7 Å². The van der Waals surface area contributed by atoms with Crippen LogP contribution in [0.1, 0.15) is 40.0 Å². The van der Waals surface area contributed by atoms with Crippen molar-refractivity contribution in [3.05, 3.63) is 0 Å². The lowest BCUT2D eigenvalue weighted by Crippen LogP contribution is -2.43. The number of aliphatic carboxylic acids is 1. The molecule has 0 spiro atoms. The number of ether oxygens (including phenoxy) is 1. The van der Waals surface area contributed by atoms with Crippen LogP contribution >= 0.6 is 11.8 Å². The van der Waals surface area contributed by atoms with E-state index in [1.807, 2.05) is 0 Å². The molecule has 0 aromatic rings. The van der Waals surface area contributed by atoms with Crippen molar-refractivity contribution in [1.82, 2.24) is 5.32 Å². The molecule has 110 valence electrons. The summed E-state index contributed by atoms with van der Waals surface area (Å²) >= 11 is 1.75. The van der Waals surface area contributed by atoms with Crippen LogP contribution in [0.3, 0.4) is 0 Å². The zero-order valence-electron chi connectivity index (χ0n) is 11.8. The number of alkyl carbamates (subject to hydrolysis) is 1. The molecule has 6 heteroatoms. The average Bonchev–Trinajstić information content (AvgIpc) is 3.03. The molecule has 0 saturated heterocycles. The molecule has 1 fully saturated rings. The van der Waals surface area contributed by atoms with Crippen molar-refractivity contribution in [2.75, 3.05) is 11.5 Å². The molecule has 0 bridgehead atoms. The summed E-state index contributed by atoms with van der Waals surface area (Å²) in [6, 6.07) is -0.874. The largest absolute Gasteiger partial charge is 0.480 e. The summed E-state index contributed by atoms with van der Waals surface area (Å²) in [6.07, 6.45) is 2.34. The molecule has 1 saturated carbocycles. The lowest BCUT2D eigenvalue weighted by molar-refractivity contribution is -0.139. The fraction of sp³-hybridized carbons (Fsp3) is 0.846. The number of carbonyl (C=O) groups excluding carboxylic acids is 1. The lowest BCUT2D eigenvalue weighted by atomic mass is 10.2. The van der Waals surface area contributed by atoms with Gasteiger partial charge in [-0.25, -0.2) is 9.59 Å². The number of thioether (sulfide) groups is 1. The Labute approximate surface area is 118 Å². The molecule has 19 heavy (non-hydrogen) atoms. The fourth-order valence-electron chi connectivity index (χ4n) is 1.44. The molecule has 1 atom stereocenters. The molecule has 5 nitrogen and oxygen atoms in total. The quantitative estimate of drug-likeness (QED) is 0.704. The van der Waals surface area contributed by atoms with E-state index in [0.717, 1.165) is 17.4 Å². The van der Waals surface area contributed by atoms with Crippen molar-refractivity contribution in [2.45, 2.75) is 51.7 Å². The minimum Gasteiger partial charge on any atom is -0.480 e. The van der Waals surface area contributed by atoms with E-state index >= 15 is 0 Å². The summed E-state index contributed by atoms with van der Waals surface area (Å²) < 4.78 is 5.05. The normalized spacial score (nSPS) is 16.8. The zero-order valence-corrected chi connectivity index (χ0v) is 12.6. The van der Waals surface area contributed by atoms with Crippen molar-refractivity contribution >= 4 is 23.8 Å². The lowest BCUT2D eigenvalue weighted by Gasteiger charge is -2.21. The van der Waals surface area contributed by atoms with Gasteiger partial charge in [0.15, 0.2) is 0 Å². The van der Waals surface area contributed by atoms with Crippen LogP contribution in [-0.2, 0) is 9.53 Å². The second kappa shape index (κ2) is 7.03. The third kappa shape index (κ3) is 7.97. The second-order valence-corrected chi connectivity index (χ2v) is 6.99. The van der Waals surface area contributed by atoms with E-state index in [9.17, 15) is 9.59 Å². The first-order valence-corrected chi connectivity index (χ1v) is 7.73. The van der Waals surface area contributed by atoms with Crippen LogP contribution < -0.4 is 5.32 Å². The molecule has 1 amide bonds. The van der Waals surface area contributed by atoms with Crippen molar-refractivity contribution in [3.8, 4) is 0 Å². The van der Waals surface area contributed by atoms with Crippen molar-refractivity contribution in [2.24, 2.45) is 5.92 Å². The predicted octanol–water partition coefficient (Wildman–Crippen LogP) is 2.50. The summed E-state index contributed by atoms with van der Waals surface area (Å²) in [6.45, 7) is 5.23. The smallest absolute Gasteiger partial charge is 0.408 e. The molecule has 0 radical (unpaired) electrons. The van der Waals surface area contributed by atoms with Crippen molar-refractivity contribution < 1.29 is 19.4 Å². The maximum absolute atomic E-state index is 11.5. The Hall–Kier alpha value is -0.910. The third-order valence-corrected chi connectivity index (χ3v) is 3.82. The highest BCUT2D eigenvalue weighted by atomic mass is 32.2. The second-order valence-electron chi connectivity index (χ2n) is 5.84. The average molecular weight is 289 g/mol. The number of carboxylic acid groups (broad SMARTS) is 1. The van der Waals surface area contributed by atoms with E-state index in [1.165, 1.54) is 12.8 Å². The highest BCUT2D eigenvalue weighted by Crippen LogP contribution is 2.32. The maximum atomic E-state index is 11.5. The molecule has 0 aromatic carbocycles. The third-order valence-electron chi connectivity index (χ3n) is 2.59. The van der Waals surface area contributed by atoms with E-state index in [-0.39, 0.29) is 0 Å². The molecule has 1 aliphatic carbocycles. The molecule has 0 aromatic heterocycles. The van der Waals surface area contributed by atoms with Gasteiger partial charge in [-0.1, -0.05) is 0 Å². The molecular weight excluding hydrogens is 266 g/mol. The van der Waals surface area contributed by atoms with Crippen LogP contribution in [-0.4, -0.2) is 40.3 Å². The van der Waals surface area contributed by atoms with Gasteiger partial charge in [-0.15, -0.1) is 0 Å². The fourth-order valence-corrected chi connectivity index (χ4v) is 2.68. The van der Waals surface area contributed by atoms with Gasteiger partial charge >= 0.3 is 12.1 Å². The summed E-state index contributed by atoms with van der Waals surface area (Å²) in [5.41, 5.74) is -0.617. The zero-order chi connectivity index (χ0) is 14.5. The SMILES string of the molecule is CC(C)(C)OC(=O)NC(CCSCC1CC1)C(=O)O. The monoisotopic (exact) mass is 289 g/mol. The highest BCUT2D eigenvalue weighted by Gasteiger charge is 2.24. The number of carboxylic acids is 1. The molecular formula is C13H23NO4S. The topological polar surface area (TPSA) is 75.6 Å². The molecule has 1 aliphatic rings. The first kappa shape index (κ1) is 16.1. The first-order valence-electron chi connectivity index (χ1n) is 6.58. The van der Waals surface area contributed by atoms with Crippen LogP contribution in [0.25, 0.3) is 0 Å². The first-order chi connectivity index (χ1) is 8.78. The Kier molecular flexibility index (Phi) is 5.97. The number of carbonyl (C=O) groups is 2. The summed E-state index contributed by atoms with van der Waals surface area (Å²) in [5, 5.41) is 11.5. The number of amides is 1. The van der Waals surface area contributed by atoms with Crippen molar-refractivity contribution in [1.29, 1.82) is 0 Å². The van der Waals surface area contributed by atoms with Gasteiger partial charge in [-0.2, -0.15) is 11.8 Å². The molecule has 0 heterocycles. The Bertz CT molecular complexity index is 323. The van der Waals surface area contributed by atoms with Gasteiger partial charge in [0.1, 0.15) is 11.6 Å². The minimum atomic E-state index is -1.02.